The van der Waals surface area contributed by atoms with E-state index in [0.29, 0.717) is 0 Å². The Balaban J connectivity index is 3.83. The van der Waals surface area contributed by atoms with Gasteiger partial charge in [0.25, 0.3) is 0 Å². The van der Waals surface area contributed by atoms with Crippen molar-refractivity contribution in [3.05, 3.63) is 0 Å². The van der Waals surface area contributed by atoms with E-state index in [-0.39, 0.29) is 6.10 Å². The van der Waals surface area contributed by atoms with Gasteiger partial charge in [0, 0.05) is 0 Å². The molecule has 0 aliphatic heterocycles. The Morgan fingerprint density at radius 2 is 1.91 bits per heavy atom. The first kappa shape index (κ1) is 10.4. The summed E-state index contributed by atoms with van der Waals surface area (Å²) in [7, 11) is 0. The van der Waals surface area contributed by atoms with Crippen LogP contribution in [-0.2, 0) is 9.53 Å². The van der Waals surface area contributed by atoms with Crippen LogP contribution in [0.4, 0.5) is 0 Å². The Hall–Kier alpha value is -0.610. The summed E-state index contributed by atoms with van der Waals surface area (Å²) in [6.45, 7) is 4.91. The lowest BCUT2D eigenvalue weighted by Crippen LogP contribution is -2.42. The third-order valence-electron chi connectivity index (χ3n) is 1.14. The van der Waals surface area contributed by atoms with E-state index in [9.17, 15) is 4.79 Å². The van der Waals surface area contributed by atoms with E-state index in [2.05, 4.69) is 0 Å². The summed E-state index contributed by atoms with van der Waals surface area (Å²) in [6, 6.07) is -0.933. The summed E-state index contributed by atoms with van der Waals surface area (Å²) < 4.78 is 4.75. The molecule has 0 aliphatic rings. The second kappa shape index (κ2) is 4.31. The summed E-state index contributed by atoms with van der Waals surface area (Å²) in [5.74, 6) is -0.560. The van der Waals surface area contributed by atoms with E-state index in [1.165, 1.54) is 6.92 Å². The standard InChI is InChI=1S/C7H15NO3/c1-4(2)11-7(10)6(8)5(3)9/h4-6,9H,8H2,1-3H3. The largest absolute Gasteiger partial charge is 0.462 e. The summed E-state index contributed by atoms with van der Waals surface area (Å²) in [5.41, 5.74) is 5.28. The minimum Gasteiger partial charge on any atom is -0.462 e. The Labute approximate surface area is 66.3 Å². The van der Waals surface area contributed by atoms with Crippen molar-refractivity contribution in [1.82, 2.24) is 0 Å². The van der Waals surface area contributed by atoms with Crippen LogP contribution in [-0.4, -0.2) is 29.3 Å². The van der Waals surface area contributed by atoms with E-state index >= 15 is 0 Å². The fourth-order valence-corrected chi connectivity index (χ4v) is 0.508. The van der Waals surface area contributed by atoms with Crippen molar-refractivity contribution < 1.29 is 14.6 Å². The van der Waals surface area contributed by atoms with E-state index in [4.69, 9.17) is 15.6 Å². The van der Waals surface area contributed by atoms with Crippen LogP contribution in [0.3, 0.4) is 0 Å². The van der Waals surface area contributed by atoms with Crippen LogP contribution >= 0.6 is 0 Å². The molecule has 11 heavy (non-hydrogen) atoms. The first-order valence-electron chi connectivity index (χ1n) is 3.59. The summed E-state index contributed by atoms with van der Waals surface area (Å²) >= 11 is 0. The lowest BCUT2D eigenvalue weighted by Gasteiger charge is -2.15. The fraction of sp³-hybridized carbons (Fsp3) is 0.857. The second-order valence-electron chi connectivity index (χ2n) is 2.75. The van der Waals surface area contributed by atoms with Crippen molar-refractivity contribution in [2.24, 2.45) is 5.73 Å². The molecule has 3 N–H and O–H groups in total. The van der Waals surface area contributed by atoms with Crippen molar-refractivity contribution in [3.8, 4) is 0 Å². The van der Waals surface area contributed by atoms with Gasteiger partial charge in [-0.15, -0.1) is 0 Å². The van der Waals surface area contributed by atoms with Crippen molar-refractivity contribution in [1.29, 1.82) is 0 Å². The van der Waals surface area contributed by atoms with Gasteiger partial charge in [0.05, 0.1) is 12.2 Å². The van der Waals surface area contributed by atoms with Gasteiger partial charge < -0.3 is 15.6 Å². The Morgan fingerprint density at radius 3 is 2.18 bits per heavy atom. The number of nitrogens with two attached hydrogens (primary N) is 1. The van der Waals surface area contributed by atoms with Crippen molar-refractivity contribution in [2.75, 3.05) is 0 Å². The highest BCUT2D eigenvalue weighted by Gasteiger charge is 2.20. The lowest BCUT2D eigenvalue weighted by atomic mass is 10.2. The molecule has 66 valence electrons. The zero-order chi connectivity index (χ0) is 9.02. The molecule has 2 unspecified atom stereocenters. The number of ether oxygens (including phenoxy) is 1. The molecule has 4 nitrogen and oxygen atoms in total. The minimum atomic E-state index is -0.933. The molecule has 0 fully saturated rings. The van der Waals surface area contributed by atoms with E-state index in [1.807, 2.05) is 0 Å². The van der Waals surface area contributed by atoms with Gasteiger partial charge in [-0.05, 0) is 20.8 Å². The second-order valence-corrected chi connectivity index (χ2v) is 2.75. The molecule has 0 rings (SSSR count). The van der Waals surface area contributed by atoms with Crippen molar-refractivity contribution >= 4 is 5.97 Å². The third kappa shape index (κ3) is 3.95. The highest BCUT2D eigenvalue weighted by molar-refractivity contribution is 5.76. The maximum absolute atomic E-state index is 10.9. The summed E-state index contributed by atoms with van der Waals surface area (Å²) in [5, 5.41) is 8.88. The van der Waals surface area contributed by atoms with Crippen LogP contribution in [0, 0.1) is 0 Å². The molecule has 0 aromatic heterocycles. The molecule has 4 heteroatoms. The van der Waals surface area contributed by atoms with Gasteiger partial charge >= 0.3 is 5.97 Å². The van der Waals surface area contributed by atoms with Gasteiger partial charge in [-0.25, -0.2) is 0 Å². The molecule has 0 saturated heterocycles. The third-order valence-corrected chi connectivity index (χ3v) is 1.14. The first-order chi connectivity index (χ1) is 4.95. The molecule has 0 saturated carbocycles. The van der Waals surface area contributed by atoms with Crippen LogP contribution in [0.2, 0.25) is 0 Å². The highest BCUT2D eigenvalue weighted by atomic mass is 16.5. The molecule has 0 radical (unpaired) electrons. The van der Waals surface area contributed by atoms with Crippen molar-refractivity contribution in [2.45, 2.75) is 39.0 Å². The number of hydrogen-bond donors (Lipinski definition) is 2. The van der Waals surface area contributed by atoms with Crippen LogP contribution < -0.4 is 5.73 Å². The van der Waals surface area contributed by atoms with Gasteiger partial charge in [0.1, 0.15) is 6.04 Å². The monoisotopic (exact) mass is 161 g/mol. The SMILES string of the molecule is CC(C)OC(=O)C(N)C(C)O. The van der Waals surface area contributed by atoms with Crippen LogP contribution in [0.5, 0.6) is 0 Å². The van der Waals surface area contributed by atoms with Crippen LogP contribution in [0.15, 0.2) is 0 Å². The van der Waals surface area contributed by atoms with Crippen molar-refractivity contribution in [3.63, 3.8) is 0 Å². The van der Waals surface area contributed by atoms with E-state index < -0.39 is 18.1 Å². The molecule has 0 aromatic rings. The van der Waals surface area contributed by atoms with Gasteiger partial charge in [-0.3, -0.25) is 4.79 Å². The van der Waals surface area contributed by atoms with E-state index in [1.54, 1.807) is 13.8 Å². The Bertz CT molecular complexity index is 134. The summed E-state index contributed by atoms with van der Waals surface area (Å²) in [6.07, 6.45) is -1.05. The maximum Gasteiger partial charge on any atom is 0.325 e. The average molecular weight is 161 g/mol. The zero-order valence-electron chi connectivity index (χ0n) is 7.07. The molecule has 0 spiro atoms. The number of hydrogen-bond acceptors (Lipinski definition) is 4. The van der Waals surface area contributed by atoms with Crippen LogP contribution in [0.25, 0.3) is 0 Å². The highest BCUT2D eigenvalue weighted by Crippen LogP contribution is 1.96. The Kier molecular flexibility index (Phi) is 4.07. The topological polar surface area (TPSA) is 72.5 Å². The number of esters is 1. The predicted molar refractivity (Wildman–Crippen MR) is 40.9 cm³/mol. The maximum atomic E-state index is 10.9. The van der Waals surface area contributed by atoms with Gasteiger partial charge in [-0.1, -0.05) is 0 Å². The molecule has 0 bridgehead atoms. The number of carbonyl (C=O) groups excluding carboxylic acids is 1. The number of aliphatic hydroxyl groups excluding tert-OH is 1. The number of carbonyl (C=O) groups is 1. The fourth-order valence-electron chi connectivity index (χ4n) is 0.508. The van der Waals surface area contributed by atoms with Gasteiger partial charge in [-0.2, -0.15) is 0 Å². The molecule has 0 aromatic carbocycles. The number of rotatable bonds is 3. The Morgan fingerprint density at radius 1 is 1.45 bits per heavy atom. The van der Waals surface area contributed by atoms with Crippen LogP contribution in [0.1, 0.15) is 20.8 Å². The molecule has 0 amide bonds. The molecule has 0 aliphatic carbocycles. The summed E-state index contributed by atoms with van der Waals surface area (Å²) in [4.78, 5) is 10.9. The predicted octanol–water partition coefficient (Wildman–Crippen LogP) is -0.354. The molecule has 2 atom stereocenters. The van der Waals surface area contributed by atoms with Gasteiger partial charge in [0.2, 0.25) is 0 Å². The minimum absolute atomic E-state index is 0.188. The molecular weight excluding hydrogens is 146 g/mol. The van der Waals surface area contributed by atoms with Gasteiger partial charge in [0.15, 0.2) is 0 Å². The molecular formula is C7H15NO3. The quantitative estimate of drug-likeness (QED) is 0.555. The smallest absolute Gasteiger partial charge is 0.325 e. The number of aliphatic hydroxyl groups is 1. The average Bonchev–Trinajstić information content (AvgIpc) is 1.84. The lowest BCUT2D eigenvalue weighted by molar-refractivity contribution is -0.151. The zero-order valence-corrected chi connectivity index (χ0v) is 7.07. The first-order valence-corrected chi connectivity index (χ1v) is 3.59. The molecule has 0 heterocycles. The normalized spacial score (nSPS) is 16.2. The van der Waals surface area contributed by atoms with E-state index in [0.717, 1.165) is 0 Å².